The maximum absolute atomic E-state index is 6.20. The highest BCUT2D eigenvalue weighted by Gasteiger charge is 2.16. The summed E-state index contributed by atoms with van der Waals surface area (Å²) in [6.45, 7) is 3.70. The lowest BCUT2D eigenvalue weighted by Crippen LogP contribution is -2.16. The van der Waals surface area contributed by atoms with E-state index in [0.29, 0.717) is 6.54 Å². The molecule has 0 fully saturated rings. The molecule has 0 saturated carbocycles. The van der Waals surface area contributed by atoms with Crippen LogP contribution < -0.4 is 5.32 Å². The normalized spacial score (nSPS) is 11.2. The molecule has 0 amide bonds. The Kier molecular flexibility index (Phi) is 5.28. The van der Waals surface area contributed by atoms with Crippen molar-refractivity contribution < 1.29 is 4.42 Å². The second kappa shape index (κ2) is 7.99. The van der Waals surface area contributed by atoms with Gasteiger partial charge in [-0.05, 0) is 55.3 Å². The van der Waals surface area contributed by atoms with Crippen molar-refractivity contribution in [2.75, 3.05) is 6.54 Å². The molecule has 0 radical (unpaired) electrons. The van der Waals surface area contributed by atoms with Crippen molar-refractivity contribution in [2.45, 2.75) is 19.9 Å². The van der Waals surface area contributed by atoms with Gasteiger partial charge < -0.3 is 9.73 Å². The molecule has 1 N–H and O–H groups in total. The van der Waals surface area contributed by atoms with Gasteiger partial charge in [-0.1, -0.05) is 65.7 Å². The minimum atomic E-state index is 0.693. The summed E-state index contributed by atoms with van der Waals surface area (Å²) < 4.78 is 6.20. The number of nitrogens with one attached hydrogen (secondary N) is 1. The number of furan rings is 1. The van der Waals surface area contributed by atoms with Crippen LogP contribution in [-0.2, 0) is 13.0 Å². The highest BCUT2D eigenvalue weighted by Crippen LogP contribution is 2.36. The van der Waals surface area contributed by atoms with Gasteiger partial charge in [-0.15, -0.1) is 0 Å². The van der Waals surface area contributed by atoms with E-state index in [4.69, 9.17) is 16.0 Å². The standard InChI is InChI=1S/C24H22ClNO/c1-17-7-12-22-21(15-17)24(19-8-10-20(25)11-9-19)23(27-22)16-26-14-13-18-5-3-2-4-6-18/h2-12,15,26H,13-14,16H2,1H3. The van der Waals surface area contributed by atoms with Crippen LogP contribution in [0.3, 0.4) is 0 Å². The maximum Gasteiger partial charge on any atom is 0.135 e. The highest BCUT2D eigenvalue weighted by molar-refractivity contribution is 6.30. The second-order valence-electron chi connectivity index (χ2n) is 6.82. The Bertz CT molecular complexity index is 1040. The molecule has 3 aromatic carbocycles. The number of rotatable bonds is 6. The first-order chi connectivity index (χ1) is 13.2. The van der Waals surface area contributed by atoms with Crippen LogP contribution in [0.15, 0.2) is 77.2 Å². The fourth-order valence-electron chi connectivity index (χ4n) is 3.40. The fraction of sp³-hybridized carbons (Fsp3) is 0.167. The van der Waals surface area contributed by atoms with Gasteiger partial charge in [0.1, 0.15) is 11.3 Å². The summed E-state index contributed by atoms with van der Waals surface area (Å²) in [5, 5.41) is 5.42. The van der Waals surface area contributed by atoms with Crippen LogP contribution in [0.25, 0.3) is 22.1 Å². The van der Waals surface area contributed by atoms with Crippen LogP contribution in [0.4, 0.5) is 0 Å². The fourth-order valence-corrected chi connectivity index (χ4v) is 3.52. The molecule has 0 saturated heterocycles. The number of halogens is 1. The molecule has 2 nitrogen and oxygen atoms in total. The Morgan fingerprint density at radius 2 is 1.70 bits per heavy atom. The van der Waals surface area contributed by atoms with E-state index in [2.05, 4.69) is 66.8 Å². The SMILES string of the molecule is Cc1ccc2oc(CNCCc3ccccc3)c(-c3ccc(Cl)cc3)c2c1. The minimum Gasteiger partial charge on any atom is -0.459 e. The van der Waals surface area contributed by atoms with Crippen LogP contribution >= 0.6 is 11.6 Å². The minimum absolute atomic E-state index is 0.693. The van der Waals surface area contributed by atoms with Crippen molar-refractivity contribution >= 4 is 22.6 Å². The molecular formula is C24H22ClNO. The van der Waals surface area contributed by atoms with Crippen molar-refractivity contribution in [3.8, 4) is 11.1 Å². The first-order valence-corrected chi connectivity index (χ1v) is 9.61. The van der Waals surface area contributed by atoms with Crippen LogP contribution in [0.1, 0.15) is 16.9 Å². The van der Waals surface area contributed by atoms with Gasteiger partial charge in [0.05, 0.1) is 6.54 Å². The van der Waals surface area contributed by atoms with Crippen molar-refractivity contribution in [1.29, 1.82) is 0 Å². The largest absolute Gasteiger partial charge is 0.459 e. The molecule has 27 heavy (non-hydrogen) atoms. The smallest absolute Gasteiger partial charge is 0.135 e. The van der Waals surface area contributed by atoms with Crippen molar-refractivity contribution in [3.05, 3.63) is 94.7 Å². The van der Waals surface area contributed by atoms with Gasteiger partial charge in [0.15, 0.2) is 0 Å². The van der Waals surface area contributed by atoms with Crippen LogP contribution in [0.5, 0.6) is 0 Å². The predicted molar refractivity (Wildman–Crippen MR) is 113 cm³/mol. The lowest BCUT2D eigenvalue weighted by molar-refractivity contribution is 0.516. The second-order valence-corrected chi connectivity index (χ2v) is 7.26. The van der Waals surface area contributed by atoms with Gasteiger partial charge in [-0.2, -0.15) is 0 Å². The number of benzene rings is 3. The quantitative estimate of drug-likeness (QED) is 0.395. The number of aryl methyl sites for hydroxylation is 1. The maximum atomic E-state index is 6.20. The van der Waals surface area contributed by atoms with Crippen molar-refractivity contribution in [3.63, 3.8) is 0 Å². The van der Waals surface area contributed by atoms with E-state index in [-0.39, 0.29) is 0 Å². The Labute approximate surface area is 164 Å². The summed E-state index contributed by atoms with van der Waals surface area (Å²) in [7, 11) is 0. The third kappa shape index (κ3) is 4.08. The molecule has 3 heteroatoms. The van der Waals surface area contributed by atoms with E-state index >= 15 is 0 Å². The molecule has 136 valence electrons. The van der Waals surface area contributed by atoms with Gasteiger partial charge in [0, 0.05) is 16.0 Å². The predicted octanol–water partition coefficient (Wildman–Crippen LogP) is 6.39. The lowest BCUT2D eigenvalue weighted by atomic mass is 10.0. The third-order valence-corrected chi connectivity index (χ3v) is 5.02. The lowest BCUT2D eigenvalue weighted by Gasteiger charge is -2.07. The van der Waals surface area contributed by atoms with Crippen molar-refractivity contribution in [2.24, 2.45) is 0 Å². The molecule has 1 aromatic heterocycles. The summed E-state index contributed by atoms with van der Waals surface area (Å²) in [6, 6.07) is 24.8. The van der Waals surface area contributed by atoms with E-state index in [9.17, 15) is 0 Å². The monoisotopic (exact) mass is 375 g/mol. The zero-order valence-electron chi connectivity index (χ0n) is 15.3. The van der Waals surface area contributed by atoms with E-state index in [0.717, 1.165) is 45.8 Å². The van der Waals surface area contributed by atoms with E-state index in [1.807, 2.05) is 18.2 Å². The average molecular weight is 376 g/mol. The zero-order chi connectivity index (χ0) is 18.6. The number of hydrogen-bond acceptors (Lipinski definition) is 2. The van der Waals surface area contributed by atoms with Gasteiger partial charge in [0.25, 0.3) is 0 Å². The molecule has 4 rings (SSSR count). The van der Waals surface area contributed by atoms with Crippen LogP contribution in [0, 0.1) is 6.92 Å². The topological polar surface area (TPSA) is 25.2 Å². The number of fused-ring (bicyclic) bond motifs is 1. The molecule has 0 spiro atoms. The molecule has 0 unspecified atom stereocenters. The molecule has 0 bridgehead atoms. The van der Waals surface area contributed by atoms with E-state index in [1.54, 1.807) is 0 Å². The Morgan fingerprint density at radius 1 is 0.926 bits per heavy atom. The average Bonchev–Trinajstić information content (AvgIpc) is 3.04. The van der Waals surface area contributed by atoms with Gasteiger partial charge >= 0.3 is 0 Å². The molecule has 4 aromatic rings. The van der Waals surface area contributed by atoms with E-state index < -0.39 is 0 Å². The van der Waals surface area contributed by atoms with Gasteiger partial charge in [-0.25, -0.2) is 0 Å². The number of hydrogen-bond donors (Lipinski definition) is 1. The van der Waals surface area contributed by atoms with Crippen LogP contribution in [-0.4, -0.2) is 6.54 Å². The summed E-state index contributed by atoms with van der Waals surface area (Å²) >= 11 is 6.08. The zero-order valence-corrected chi connectivity index (χ0v) is 16.1. The molecule has 0 aliphatic rings. The van der Waals surface area contributed by atoms with Gasteiger partial charge in [0.2, 0.25) is 0 Å². The highest BCUT2D eigenvalue weighted by atomic mass is 35.5. The van der Waals surface area contributed by atoms with Gasteiger partial charge in [-0.3, -0.25) is 0 Å². The Balaban J connectivity index is 1.59. The van der Waals surface area contributed by atoms with Crippen molar-refractivity contribution in [1.82, 2.24) is 5.32 Å². The molecule has 0 aliphatic carbocycles. The molecule has 1 heterocycles. The Hall–Kier alpha value is -2.55. The summed E-state index contributed by atoms with van der Waals surface area (Å²) in [5.41, 5.74) is 5.76. The first kappa shape index (κ1) is 17.8. The molecule has 0 atom stereocenters. The first-order valence-electron chi connectivity index (χ1n) is 9.23. The summed E-state index contributed by atoms with van der Waals surface area (Å²) in [6.07, 6.45) is 0.996. The summed E-state index contributed by atoms with van der Waals surface area (Å²) in [4.78, 5) is 0. The summed E-state index contributed by atoms with van der Waals surface area (Å²) in [5.74, 6) is 0.964. The molecule has 0 aliphatic heterocycles. The van der Waals surface area contributed by atoms with Crippen LogP contribution in [0.2, 0.25) is 5.02 Å². The third-order valence-electron chi connectivity index (χ3n) is 4.77. The molecular weight excluding hydrogens is 354 g/mol. The van der Waals surface area contributed by atoms with E-state index in [1.165, 1.54) is 11.1 Å². The Morgan fingerprint density at radius 3 is 2.48 bits per heavy atom.